The molecule has 0 radical (unpaired) electrons. The standard InChI is InChI=1S/C18H14N2O6S2/c21-17-12-16(20-28(25,26)14-9-5-2-6-10-14)18(22)11-15(17)19-27(23,24)13-7-3-1-4-8-13/h1-12,19-20H. The third-order valence-corrected chi connectivity index (χ3v) is 6.44. The van der Waals surface area contributed by atoms with Crippen molar-refractivity contribution < 1.29 is 26.4 Å². The summed E-state index contributed by atoms with van der Waals surface area (Å²) in [7, 11) is -8.14. The van der Waals surface area contributed by atoms with Gasteiger partial charge in [-0.25, -0.2) is 16.8 Å². The average molecular weight is 418 g/mol. The number of benzene rings is 2. The Morgan fingerprint density at radius 3 is 1.18 bits per heavy atom. The van der Waals surface area contributed by atoms with Crippen LogP contribution in [0, 0.1) is 0 Å². The third-order valence-electron chi connectivity index (χ3n) is 3.68. The Labute approximate surface area is 161 Å². The van der Waals surface area contributed by atoms with Gasteiger partial charge in [0.25, 0.3) is 20.0 Å². The van der Waals surface area contributed by atoms with Crippen molar-refractivity contribution in [1.82, 2.24) is 9.44 Å². The van der Waals surface area contributed by atoms with Crippen LogP contribution in [0.1, 0.15) is 0 Å². The van der Waals surface area contributed by atoms with Crippen LogP contribution in [0.4, 0.5) is 0 Å². The maximum absolute atomic E-state index is 12.3. The average Bonchev–Trinajstić information content (AvgIpc) is 2.67. The summed E-state index contributed by atoms with van der Waals surface area (Å²) in [6, 6.07) is 14.6. The summed E-state index contributed by atoms with van der Waals surface area (Å²) < 4.78 is 53.3. The van der Waals surface area contributed by atoms with Crippen LogP contribution < -0.4 is 9.44 Å². The van der Waals surface area contributed by atoms with Crippen LogP contribution in [0.3, 0.4) is 0 Å². The summed E-state index contributed by atoms with van der Waals surface area (Å²) in [5, 5.41) is 0. The number of carbonyl (C=O) groups is 2. The van der Waals surface area contributed by atoms with Crippen molar-refractivity contribution >= 4 is 31.6 Å². The molecule has 0 unspecified atom stereocenters. The molecule has 0 aromatic heterocycles. The van der Waals surface area contributed by atoms with Gasteiger partial charge in [-0.05, 0) is 24.3 Å². The van der Waals surface area contributed by atoms with E-state index in [0.717, 1.165) is 12.2 Å². The Bertz CT molecular complexity index is 1100. The van der Waals surface area contributed by atoms with Crippen LogP contribution in [0.25, 0.3) is 0 Å². The third kappa shape index (κ3) is 4.18. The molecule has 1 aliphatic rings. The molecular formula is C18H14N2O6S2. The lowest BCUT2D eigenvalue weighted by molar-refractivity contribution is -0.115. The van der Waals surface area contributed by atoms with Gasteiger partial charge in [0.1, 0.15) is 11.4 Å². The second-order valence-electron chi connectivity index (χ2n) is 5.68. The highest BCUT2D eigenvalue weighted by Gasteiger charge is 2.27. The molecule has 0 saturated heterocycles. The van der Waals surface area contributed by atoms with Gasteiger partial charge in [-0.3, -0.25) is 19.0 Å². The van der Waals surface area contributed by atoms with Gasteiger partial charge in [0.2, 0.25) is 11.6 Å². The molecule has 1 aliphatic carbocycles. The molecule has 0 spiro atoms. The van der Waals surface area contributed by atoms with Gasteiger partial charge in [-0.2, -0.15) is 0 Å². The fraction of sp³-hybridized carbons (Fsp3) is 0. The zero-order valence-corrected chi connectivity index (χ0v) is 15.8. The predicted molar refractivity (Wildman–Crippen MR) is 99.7 cm³/mol. The van der Waals surface area contributed by atoms with E-state index in [-0.39, 0.29) is 9.79 Å². The molecule has 144 valence electrons. The molecule has 0 bridgehead atoms. The number of nitrogens with one attached hydrogen (secondary N) is 2. The lowest BCUT2D eigenvalue weighted by Crippen LogP contribution is -2.34. The first-order chi connectivity index (χ1) is 13.2. The van der Waals surface area contributed by atoms with Gasteiger partial charge in [-0.1, -0.05) is 36.4 Å². The number of allylic oxidation sites excluding steroid dienone is 2. The van der Waals surface area contributed by atoms with E-state index >= 15 is 0 Å². The smallest absolute Gasteiger partial charge is 0.262 e. The van der Waals surface area contributed by atoms with Crippen LogP contribution in [-0.2, 0) is 29.6 Å². The first-order valence-electron chi connectivity index (χ1n) is 7.87. The summed E-state index contributed by atoms with van der Waals surface area (Å²) in [4.78, 5) is 24.3. The van der Waals surface area contributed by atoms with Crippen LogP contribution in [0.5, 0.6) is 0 Å². The number of carbonyl (C=O) groups excluding carboxylic acids is 2. The number of hydrogen-bond donors (Lipinski definition) is 2. The van der Waals surface area contributed by atoms with E-state index < -0.39 is 43.0 Å². The van der Waals surface area contributed by atoms with Crippen molar-refractivity contribution in [3.8, 4) is 0 Å². The molecule has 10 heteroatoms. The molecule has 8 nitrogen and oxygen atoms in total. The summed E-state index contributed by atoms with van der Waals surface area (Å²) in [6.07, 6.45) is 1.48. The number of hydrogen-bond acceptors (Lipinski definition) is 6. The minimum Gasteiger partial charge on any atom is -0.288 e. The Hall–Kier alpha value is -3.24. The molecule has 0 aliphatic heterocycles. The van der Waals surface area contributed by atoms with E-state index in [4.69, 9.17) is 0 Å². The lowest BCUT2D eigenvalue weighted by Gasteiger charge is -2.15. The first-order valence-corrected chi connectivity index (χ1v) is 10.8. The predicted octanol–water partition coefficient (Wildman–Crippen LogP) is 0.863. The van der Waals surface area contributed by atoms with Crippen molar-refractivity contribution in [2.75, 3.05) is 0 Å². The second kappa shape index (κ2) is 7.41. The summed E-state index contributed by atoms with van der Waals surface area (Å²) in [5.74, 6) is -1.71. The van der Waals surface area contributed by atoms with Crippen LogP contribution in [0.2, 0.25) is 0 Å². The highest BCUT2D eigenvalue weighted by atomic mass is 32.2. The molecule has 28 heavy (non-hydrogen) atoms. The molecule has 2 aromatic rings. The maximum atomic E-state index is 12.3. The van der Waals surface area contributed by atoms with Crippen molar-refractivity contribution in [1.29, 1.82) is 0 Å². The van der Waals surface area contributed by atoms with E-state index in [2.05, 4.69) is 0 Å². The molecule has 3 rings (SSSR count). The van der Waals surface area contributed by atoms with Gasteiger partial charge < -0.3 is 0 Å². The summed E-state index contributed by atoms with van der Waals surface area (Å²) in [5.41, 5.74) is -0.951. The number of ketones is 2. The minimum atomic E-state index is -4.07. The Morgan fingerprint density at radius 2 is 0.857 bits per heavy atom. The Kier molecular flexibility index (Phi) is 5.16. The molecule has 0 amide bonds. The maximum Gasteiger partial charge on any atom is 0.262 e. The molecular weight excluding hydrogens is 404 g/mol. The number of rotatable bonds is 6. The molecule has 2 N–H and O–H groups in total. The SMILES string of the molecule is O=C1C=C(NS(=O)(=O)c2ccccc2)C(=O)C=C1NS(=O)(=O)c1ccccc1. The summed E-state index contributed by atoms with van der Waals surface area (Å²) >= 11 is 0. The fourth-order valence-corrected chi connectivity index (χ4v) is 4.49. The molecule has 0 heterocycles. The highest BCUT2D eigenvalue weighted by molar-refractivity contribution is 7.90. The van der Waals surface area contributed by atoms with Crippen LogP contribution in [-0.4, -0.2) is 28.4 Å². The summed E-state index contributed by atoms with van der Waals surface area (Å²) in [6.45, 7) is 0. The number of sulfonamides is 2. The van der Waals surface area contributed by atoms with Gasteiger partial charge in [0.15, 0.2) is 0 Å². The topological polar surface area (TPSA) is 126 Å². The fourth-order valence-electron chi connectivity index (χ4n) is 2.33. The van der Waals surface area contributed by atoms with E-state index in [1.54, 1.807) is 12.1 Å². The van der Waals surface area contributed by atoms with Crippen molar-refractivity contribution in [2.24, 2.45) is 0 Å². The minimum absolute atomic E-state index is 0.0873. The molecule has 0 atom stereocenters. The zero-order chi connectivity index (χ0) is 20.4. The van der Waals surface area contributed by atoms with E-state index in [1.807, 2.05) is 9.44 Å². The Balaban J connectivity index is 1.81. The Morgan fingerprint density at radius 1 is 0.536 bits per heavy atom. The van der Waals surface area contributed by atoms with Gasteiger partial charge in [0, 0.05) is 12.2 Å². The van der Waals surface area contributed by atoms with Gasteiger partial charge >= 0.3 is 0 Å². The lowest BCUT2D eigenvalue weighted by atomic mass is 10.1. The molecule has 0 fully saturated rings. The monoisotopic (exact) mass is 418 g/mol. The van der Waals surface area contributed by atoms with Crippen molar-refractivity contribution in [3.63, 3.8) is 0 Å². The van der Waals surface area contributed by atoms with Gasteiger partial charge in [0.05, 0.1) is 9.79 Å². The second-order valence-corrected chi connectivity index (χ2v) is 9.05. The normalized spacial score (nSPS) is 14.9. The first kappa shape index (κ1) is 19.5. The highest BCUT2D eigenvalue weighted by Crippen LogP contribution is 2.16. The van der Waals surface area contributed by atoms with Crippen molar-refractivity contribution in [3.05, 3.63) is 84.2 Å². The largest absolute Gasteiger partial charge is 0.288 e. The van der Waals surface area contributed by atoms with Crippen LogP contribution in [0.15, 0.2) is 94.0 Å². The molecule has 0 saturated carbocycles. The van der Waals surface area contributed by atoms with Crippen molar-refractivity contribution in [2.45, 2.75) is 9.79 Å². The van der Waals surface area contributed by atoms with E-state index in [1.165, 1.54) is 48.5 Å². The van der Waals surface area contributed by atoms with E-state index in [9.17, 15) is 26.4 Å². The van der Waals surface area contributed by atoms with Crippen LogP contribution >= 0.6 is 0 Å². The molecule has 2 aromatic carbocycles. The van der Waals surface area contributed by atoms with E-state index in [0.29, 0.717) is 0 Å². The van der Waals surface area contributed by atoms with Gasteiger partial charge in [-0.15, -0.1) is 0 Å². The zero-order valence-electron chi connectivity index (χ0n) is 14.2. The quantitative estimate of drug-likeness (QED) is 0.670.